The van der Waals surface area contributed by atoms with Crippen molar-refractivity contribution in [2.75, 3.05) is 13.1 Å². The Labute approximate surface area is 196 Å². The summed E-state index contributed by atoms with van der Waals surface area (Å²) in [6.07, 6.45) is 1.32. The number of carbonyl (C=O) groups is 1. The molecule has 1 saturated heterocycles. The highest BCUT2D eigenvalue weighted by atomic mass is 32.2. The van der Waals surface area contributed by atoms with E-state index in [0.717, 1.165) is 22.3 Å². The number of rotatable bonds is 6. The van der Waals surface area contributed by atoms with E-state index in [4.69, 9.17) is 0 Å². The largest absolute Gasteiger partial charge is 0.345 e. The summed E-state index contributed by atoms with van der Waals surface area (Å²) in [4.78, 5) is 13.7. The molecular weight excluding hydrogens is 432 g/mol. The van der Waals surface area contributed by atoms with Crippen LogP contribution in [0.4, 0.5) is 0 Å². The first-order chi connectivity index (χ1) is 15.9. The van der Waals surface area contributed by atoms with Gasteiger partial charge in [0.1, 0.15) is 0 Å². The van der Waals surface area contributed by atoms with Gasteiger partial charge in [-0.1, -0.05) is 72.3 Å². The Hall–Kier alpha value is -2.96. The van der Waals surface area contributed by atoms with E-state index in [1.165, 1.54) is 4.31 Å². The van der Waals surface area contributed by atoms with Crippen LogP contribution in [0.5, 0.6) is 0 Å². The molecule has 0 aromatic heterocycles. The normalized spacial score (nSPS) is 17.9. The maximum Gasteiger partial charge on any atom is 0.243 e. The van der Waals surface area contributed by atoms with Gasteiger partial charge >= 0.3 is 0 Å². The van der Waals surface area contributed by atoms with Crippen molar-refractivity contribution in [1.29, 1.82) is 0 Å². The predicted molar refractivity (Wildman–Crippen MR) is 130 cm³/mol. The van der Waals surface area contributed by atoms with Gasteiger partial charge in [-0.15, -0.1) is 0 Å². The Bertz CT molecular complexity index is 1210. The molecule has 1 amide bonds. The quantitative estimate of drug-likeness (QED) is 0.582. The third kappa shape index (κ3) is 5.18. The van der Waals surface area contributed by atoms with Crippen LogP contribution in [0.25, 0.3) is 0 Å². The van der Waals surface area contributed by atoms with E-state index >= 15 is 0 Å². The molecule has 3 aromatic rings. The molecule has 33 heavy (non-hydrogen) atoms. The fourth-order valence-electron chi connectivity index (χ4n) is 4.39. The Morgan fingerprint density at radius 3 is 2.30 bits per heavy atom. The van der Waals surface area contributed by atoms with E-state index < -0.39 is 15.9 Å². The van der Waals surface area contributed by atoms with Crippen LogP contribution in [-0.4, -0.2) is 31.7 Å². The smallest absolute Gasteiger partial charge is 0.243 e. The third-order valence-corrected chi connectivity index (χ3v) is 8.21. The number of piperidine rings is 1. The molecule has 4 rings (SSSR count). The second kappa shape index (κ2) is 9.89. The highest BCUT2D eigenvalue weighted by molar-refractivity contribution is 7.89. The van der Waals surface area contributed by atoms with Gasteiger partial charge in [-0.2, -0.15) is 4.31 Å². The molecule has 1 aliphatic rings. The molecule has 0 saturated carbocycles. The zero-order chi connectivity index (χ0) is 23.4. The fourth-order valence-corrected chi connectivity index (χ4v) is 5.91. The average Bonchev–Trinajstić information content (AvgIpc) is 2.84. The van der Waals surface area contributed by atoms with Crippen molar-refractivity contribution in [2.24, 2.45) is 5.92 Å². The third-order valence-electron chi connectivity index (χ3n) is 6.33. The van der Waals surface area contributed by atoms with Crippen molar-refractivity contribution >= 4 is 15.9 Å². The highest BCUT2D eigenvalue weighted by Gasteiger charge is 2.34. The minimum atomic E-state index is -3.63. The topological polar surface area (TPSA) is 66.5 Å². The standard InChI is InChI=1S/C27H30N2O3S/c1-20-14-16-24(17-15-20)33(31,32)29-18-8-12-23(19-29)27(30)28-26(22-10-4-3-5-11-22)25-13-7-6-9-21(25)2/h3-7,9-11,13-17,23,26H,8,12,18-19H2,1-2H3,(H,28,30)/t23-,26+/m1/s1. The average molecular weight is 463 g/mol. The summed E-state index contributed by atoms with van der Waals surface area (Å²) in [6.45, 7) is 4.58. The molecular formula is C27H30N2O3S. The van der Waals surface area contributed by atoms with Crippen molar-refractivity contribution in [2.45, 2.75) is 37.6 Å². The lowest BCUT2D eigenvalue weighted by atomic mass is 9.93. The molecule has 2 atom stereocenters. The lowest BCUT2D eigenvalue weighted by Crippen LogP contribution is -2.46. The number of benzene rings is 3. The number of hydrogen-bond donors (Lipinski definition) is 1. The van der Waals surface area contributed by atoms with Crippen LogP contribution in [0.2, 0.25) is 0 Å². The number of amides is 1. The summed E-state index contributed by atoms with van der Waals surface area (Å²) in [5, 5.41) is 3.22. The van der Waals surface area contributed by atoms with Gasteiger partial charge in [-0.3, -0.25) is 4.79 Å². The first-order valence-electron chi connectivity index (χ1n) is 11.3. The molecule has 0 spiro atoms. The summed E-state index contributed by atoms with van der Waals surface area (Å²) in [5.41, 5.74) is 4.14. The molecule has 172 valence electrons. The Morgan fingerprint density at radius 2 is 1.61 bits per heavy atom. The number of sulfonamides is 1. The molecule has 1 heterocycles. The van der Waals surface area contributed by atoms with Gasteiger partial charge in [0.15, 0.2) is 0 Å². The van der Waals surface area contributed by atoms with Gasteiger partial charge in [0.25, 0.3) is 0 Å². The molecule has 5 nitrogen and oxygen atoms in total. The first-order valence-corrected chi connectivity index (χ1v) is 12.8. The van der Waals surface area contributed by atoms with Crippen LogP contribution in [0.3, 0.4) is 0 Å². The lowest BCUT2D eigenvalue weighted by Gasteiger charge is -2.32. The van der Waals surface area contributed by atoms with Gasteiger partial charge in [0.2, 0.25) is 15.9 Å². The maximum absolute atomic E-state index is 13.4. The van der Waals surface area contributed by atoms with Crippen molar-refractivity contribution in [3.8, 4) is 0 Å². The van der Waals surface area contributed by atoms with Crippen molar-refractivity contribution in [3.63, 3.8) is 0 Å². The summed E-state index contributed by atoms with van der Waals surface area (Å²) in [5.74, 6) is -0.509. The minimum absolute atomic E-state index is 0.115. The number of hydrogen-bond acceptors (Lipinski definition) is 3. The SMILES string of the molecule is Cc1ccc(S(=O)(=O)N2CCC[C@@H](C(=O)N[C@@H](c3ccccc3)c3ccccc3C)C2)cc1. The lowest BCUT2D eigenvalue weighted by molar-refractivity contribution is -0.126. The van der Waals surface area contributed by atoms with E-state index in [2.05, 4.69) is 5.32 Å². The van der Waals surface area contributed by atoms with Crippen LogP contribution in [0.15, 0.2) is 83.8 Å². The minimum Gasteiger partial charge on any atom is -0.345 e. The zero-order valence-electron chi connectivity index (χ0n) is 19.1. The Kier molecular flexibility index (Phi) is 6.96. The second-order valence-corrected chi connectivity index (χ2v) is 10.7. The molecule has 6 heteroatoms. The summed E-state index contributed by atoms with van der Waals surface area (Å²) < 4.78 is 27.8. The molecule has 1 N–H and O–H groups in total. The number of nitrogens with one attached hydrogen (secondary N) is 1. The van der Waals surface area contributed by atoms with Crippen LogP contribution in [0, 0.1) is 19.8 Å². The van der Waals surface area contributed by atoms with Gasteiger partial charge in [-0.05, 0) is 55.5 Å². The number of carbonyl (C=O) groups excluding carboxylic acids is 1. The Balaban J connectivity index is 1.55. The molecule has 0 aliphatic carbocycles. The molecule has 1 aliphatic heterocycles. The van der Waals surface area contributed by atoms with Crippen molar-refractivity contribution in [1.82, 2.24) is 9.62 Å². The molecule has 1 fully saturated rings. The second-order valence-electron chi connectivity index (χ2n) is 8.72. The van der Waals surface area contributed by atoms with Gasteiger partial charge in [-0.25, -0.2) is 8.42 Å². The van der Waals surface area contributed by atoms with E-state index in [9.17, 15) is 13.2 Å². The molecule has 0 radical (unpaired) electrons. The van der Waals surface area contributed by atoms with Crippen LogP contribution < -0.4 is 5.32 Å². The van der Waals surface area contributed by atoms with Crippen LogP contribution in [0.1, 0.15) is 41.1 Å². The number of aryl methyl sites for hydroxylation is 2. The zero-order valence-corrected chi connectivity index (χ0v) is 19.9. The van der Waals surface area contributed by atoms with E-state index in [1.807, 2.05) is 68.4 Å². The van der Waals surface area contributed by atoms with Crippen LogP contribution in [-0.2, 0) is 14.8 Å². The molecule has 0 unspecified atom stereocenters. The first kappa shape index (κ1) is 23.2. The predicted octanol–water partition coefficient (Wildman–Crippen LogP) is 4.61. The van der Waals surface area contributed by atoms with Gasteiger partial charge in [0, 0.05) is 13.1 Å². The van der Waals surface area contributed by atoms with E-state index in [1.54, 1.807) is 24.3 Å². The van der Waals surface area contributed by atoms with Crippen molar-refractivity contribution in [3.05, 3.63) is 101 Å². The fraction of sp³-hybridized carbons (Fsp3) is 0.296. The summed E-state index contributed by atoms with van der Waals surface area (Å²) >= 11 is 0. The van der Waals surface area contributed by atoms with Crippen molar-refractivity contribution < 1.29 is 13.2 Å². The monoisotopic (exact) mass is 462 g/mol. The van der Waals surface area contributed by atoms with Crippen LogP contribution >= 0.6 is 0 Å². The highest BCUT2D eigenvalue weighted by Crippen LogP contribution is 2.28. The summed E-state index contributed by atoms with van der Waals surface area (Å²) in [7, 11) is -3.63. The molecule has 0 bridgehead atoms. The Morgan fingerprint density at radius 1 is 0.939 bits per heavy atom. The summed E-state index contributed by atoms with van der Waals surface area (Å²) in [6, 6.07) is 24.5. The van der Waals surface area contributed by atoms with E-state index in [-0.39, 0.29) is 23.4 Å². The van der Waals surface area contributed by atoms with Gasteiger partial charge in [0.05, 0.1) is 16.9 Å². The van der Waals surface area contributed by atoms with Gasteiger partial charge < -0.3 is 5.32 Å². The van der Waals surface area contributed by atoms with E-state index in [0.29, 0.717) is 19.4 Å². The number of nitrogens with zero attached hydrogens (tertiary/aromatic N) is 1. The maximum atomic E-state index is 13.4. The molecule has 3 aromatic carbocycles.